The molecule has 108 valence electrons. The number of hydrogen-bond donors (Lipinski definition) is 2. The summed E-state index contributed by atoms with van der Waals surface area (Å²) in [5, 5.41) is 16.3. The number of anilines is 1. The van der Waals surface area contributed by atoms with E-state index in [0.717, 1.165) is 16.9 Å². The van der Waals surface area contributed by atoms with Gasteiger partial charge in [-0.2, -0.15) is 5.10 Å². The summed E-state index contributed by atoms with van der Waals surface area (Å²) in [4.78, 5) is 11.2. The zero-order valence-electron chi connectivity index (χ0n) is 11.7. The predicted octanol–water partition coefficient (Wildman–Crippen LogP) is 2.18. The van der Waals surface area contributed by atoms with Gasteiger partial charge in [0.05, 0.1) is 19.3 Å². The lowest BCUT2D eigenvalue weighted by molar-refractivity contribution is -0.132. The monoisotopic (exact) mass is 285 g/mol. The number of aryl methyl sites for hydroxylation is 1. The largest absolute Gasteiger partial charge is 0.496 e. The Morgan fingerprint density at radius 2 is 2.24 bits per heavy atom. The molecule has 0 spiro atoms. The topological polar surface area (TPSA) is 76.4 Å². The summed E-state index contributed by atoms with van der Waals surface area (Å²) in [6.45, 7) is 1.95. The molecule has 1 aromatic heterocycles. The van der Waals surface area contributed by atoms with Crippen molar-refractivity contribution >= 4 is 11.8 Å². The van der Waals surface area contributed by atoms with Gasteiger partial charge >= 0.3 is 5.97 Å². The van der Waals surface area contributed by atoms with Crippen LogP contribution in [0.3, 0.4) is 0 Å². The van der Waals surface area contributed by atoms with Gasteiger partial charge in [-0.15, -0.1) is 0 Å². The molecule has 0 amide bonds. The van der Waals surface area contributed by atoms with Crippen molar-refractivity contribution < 1.29 is 14.6 Å². The van der Waals surface area contributed by atoms with Gasteiger partial charge in [-0.3, -0.25) is 0 Å². The Hall–Kier alpha value is -2.76. The molecular weight excluding hydrogens is 270 g/mol. The number of carboxylic acids is 1. The Bertz CT molecular complexity index is 734. The Balaban J connectivity index is 2.08. The van der Waals surface area contributed by atoms with Gasteiger partial charge in [0.2, 0.25) is 0 Å². The maximum Gasteiger partial charge on any atom is 0.352 e. The minimum Gasteiger partial charge on any atom is -0.496 e. The van der Waals surface area contributed by atoms with Crippen LogP contribution < -0.4 is 10.1 Å². The third-order valence-electron chi connectivity index (χ3n) is 3.51. The number of ether oxygens (including phenoxy) is 1. The van der Waals surface area contributed by atoms with E-state index in [0.29, 0.717) is 5.82 Å². The van der Waals surface area contributed by atoms with Crippen LogP contribution in [0.15, 0.2) is 42.2 Å². The van der Waals surface area contributed by atoms with Crippen molar-refractivity contribution in [1.29, 1.82) is 0 Å². The number of aliphatic carboxylic acids is 1. The van der Waals surface area contributed by atoms with Gasteiger partial charge < -0.3 is 15.2 Å². The van der Waals surface area contributed by atoms with E-state index in [1.54, 1.807) is 30.1 Å². The van der Waals surface area contributed by atoms with E-state index >= 15 is 0 Å². The lowest BCUT2D eigenvalue weighted by Crippen LogP contribution is -2.23. The summed E-state index contributed by atoms with van der Waals surface area (Å²) in [7, 11) is 1.63. The van der Waals surface area contributed by atoms with E-state index in [4.69, 9.17) is 4.74 Å². The molecule has 0 saturated carbocycles. The first-order valence-corrected chi connectivity index (χ1v) is 6.50. The number of aromatic nitrogens is 2. The number of fused-ring (bicyclic) bond motifs is 1. The van der Waals surface area contributed by atoms with Crippen LogP contribution in [0.2, 0.25) is 0 Å². The number of hydrogen-bond acceptors (Lipinski definition) is 4. The summed E-state index contributed by atoms with van der Waals surface area (Å²) in [5.74, 6) is 0.474. The zero-order valence-corrected chi connectivity index (χ0v) is 11.7. The van der Waals surface area contributed by atoms with E-state index in [1.807, 2.05) is 25.1 Å². The average Bonchev–Trinajstić information content (AvgIpc) is 2.94. The first kappa shape index (κ1) is 13.2. The fraction of sp³-hybridized carbons (Fsp3) is 0.200. The molecule has 0 bridgehead atoms. The highest BCUT2D eigenvalue weighted by Gasteiger charge is 2.24. The zero-order chi connectivity index (χ0) is 15.0. The number of nitrogens with zero attached hydrogens (tertiary/aromatic N) is 2. The molecule has 1 aromatic carbocycles. The highest BCUT2D eigenvalue weighted by molar-refractivity contribution is 5.90. The lowest BCUT2D eigenvalue weighted by Gasteiger charge is -2.24. The molecule has 2 heterocycles. The van der Waals surface area contributed by atoms with Crippen molar-refractivity contribution in [3.05, 3.63) is 53.4 Å². The summed E-state index contributed by atoms with van der Waals surface area (Å²) in [6.07, 6.45) is 3.30. The molecule has 2 N–H and O–H groups in total. The maximum atomic E-state index is 11.2. The second kappa shape index (κ2) is 4.97. The number of allylic oxidation sites excluding steroid dienone is 1. The summed E-state index contributed by atoms with van der Waals surface area (Å²) in [6, 6.07) is 7.27. The molecular formula is C15H15N3O3. The molecule has 6 heteroatoms. The van der Waals surface area contributed by atoms with Crippen LogP contribution in [-0.4, -0.2) is 28.0 Å². The number of nitrogens with one attached hydrogen (secondary N) is 1. The number of carboxylic acid groups (broad SMARTS) is 1. The van der Waals surface area contributed by atoms with Crippen molar-refractivity contribution in [1.82, 2.24) is 9.78 Å². The van der Waals surface area contributed by atoms with E-state index in [-0.39, 0.29) is 11.7 Å². The SMILES string of the molecule is COc1ccc(C2C=C(C(=O)O)Nc3ccnn32)cc1C. The van der Waals surface area contributed by atoms with Crippen molar-refractivity contribution in [2.75, 3.05) is 12.4 Å². The van der Waals surface area contributed by atoms with Gasteiger partial charge in [0.1, 0.15) is 17.3 Å². The van der Waals surface area contributed by atoms with Gasteiger partial charge in [-0.25, -0.2) is 9.48 Å². The predicted molar refractivity (Wildman–Crippen MR) is 77.4 cm³/mol. The minimum atomic E-state index is -0.988. The van der Waals surface area contributed by atoms with Gasteiger partial charge in [0.15, 0.2) is 0 Å². The van der Waals surface area contributed by atoms with Crippen molar-refractivity contribution in [2.24, 2.45) is 0 Å². The highest BCUT2D eigenvalue weighted by atomic mass is 16.5. The molecule has 2 aromatic rings. The Labute approximate surface area is 121 Å². The van der Waals surface area contributed by atoms with Crippen LogP contribution in [0.25, 0.3) is 0 Å². The van der Waals surface area contributed by atoms with Crippen LogP contribution in [0.1, 0.15) is 17.2 Å². The molecule has 0 radical (unpaired) electrons. The smallest absolute Gasteiger partial charge is 0.352 e. The maximum absolute atomic E-state index is 11.2. The molecule has 21 heavy (non-hydrogen) atoms. The Morgan fingerprint density at radius 1 is 1.43 bits per heavy atom. The van der Waals surface area contributed by atoms with Crippen LogP contribution >= 0.6 is 0 Å². The van der Waals surface area contributed by atoms with E-state index < -0.39 is 5.97 Å². The second-order valence-electron chi connectivity index (χ2n) is 4.85. The number of carbonyl (C=O) groups is 1. The van der Waals surface area contributed by atoms with E-state index in [2.05, 4.69) is 10.4 Å². The van der Waals surface area contributed by atoms with Gasteiger partial charge in [-0.1, -0.05) is 6.07 Å². The van der Waals surface area contributed by atoms with Crippen LogP contribution in [0.5, 0.6) is 5.75 Å². The van der Waals surface area contributed by atoms with Gasteiger partial charge in [0.25, 0.3) is 0 Å². The van der Waals surface area contributed by atoms with E-state index in [9.17, 15) is 9.90 Å². The first-order valence-electron chi connectivity index (χ1n) is 6.50. The first-order chi connectivity index (χ1) is 10.1. The number of rotatable bonds is 3. The average molecular weight is 285 g/mol. The third-order valence-corrected chi connectivity index (χ3v) is 3.51. The molecule has 0 saturated heterocycles. The van der Waals surface area contributed by atoms with E-state index in [1.165, 1.54) is 0 Å². The number of methoxy groups -OCH3 is 1. The second-order valence-corrected chi connectivity index (χ2v) is 4.85. The molecule has 6 nitrogen and oxygen atoms in total. The van der Waals surface area contributed by atoms with Crippen LogP contribution in [0.4, 0.5) is 5.82 Å². The standard InChI is InChI=1S/C15H15N3O3/c1-9-7-10(3-4-13(9)21-2)12-8-11(15(19)20)17-14-5-6-16-18(12)14/h3-8,12,17H,1-2H3,(H,19,20). The molecule has 3 rings (SSSR count). The number of benzene rings is 1. The van der Waals surface area contributed by atoms with Crippen molar-refractivity contribution in [3.63, 3.8) is 0 Å². The Morgan fingerprint density at radius 3 is 2.90 bits per heavy atom. The van der Waals surface area contributed by atoms with Gasteiger partial charge in [-0.05, 0) is 36.3 Å². The Kier molecular flexibility index (Phi) is 3.13. The summed E-state index contributed by atoms with van der Waals surface area (Å²) in [5.41, 5.74) is 2.10. The third kappa shape index (κ3) is 2.24. The quantitative estimate of drug-likeness (QED) is 0.904. The fourth-order valence-electron chi connectivity index (χ4n) is 2.49. The van der Waals surface area contributed by atoms with Crippen molar-refractivity contribution in [3.8, 4) is 5.75 Å². The summed E-state index contributed by atoms with van der Waals surface area (Å²) >= 11 is 0. The molecule has 0 aliphatic carbocycles. The van der Waals surface area contributed by atoms with Crippen LogP contribution in [0, 0.1) is 6.92 Å². The molecule has 1 aliphatic rings. The fourth-order valence-corrected chi connectivity index (χ4v) is 2.49. The van der Waals surface area contributed by atoms with Crippen molar-refractivity contribution in [2.45, 2.75) is 13.0 Å². The normalized spacial score (nSPS) is 16.7. The molecule has 0 fully saturated rings. The van der Waals surface area contributed by atoms with Crippen LogP contribution in [-0.2, 0) is 4.79 Å². The molecule has 1 unspecified atom stereocenters. The summed E-state index contributed by atoms with van der Waals surface area (Å²) < 4.78 is 7.01. The lowest BCUT2D eigenvalue weighted by atomic mass is 10.0. The molecule has 1 aliphatic heterocycles. The molecule has 1 atom stereocenters. The highest BCUT2D eigenvalue weighted by Crippen LogP contribution is 2.31. The minimum absolute atomic E-state index is 0.154. The van der Waals surface area contributed by atoms with Gasteiger partial charge in [0, 0.05) is 6.07 Å².